The second kappa shape index (κ2) is 5.24. The summed E-state index contributed by atoms with van der Waals surface area (Å²) in [5, 5.41) is 14.8. The highest BCUT2D eigenvalue weighted by Gasteiger charge is 1.99. The quantitative estimate of drug-likeness (QED) is 0.668. The maximum Gasteiger partial charge on any atom is 0.118 e. The third-order valence-corrected chi connectivity index (χ3v) is 2.42. The number of hydrogen-bond donors (Lipinski definition) is 2. The minimum Gasteiger partial charge on any atom is -0.389 e. The lowest BCUT2D eigenvalue weighted by atomic mass is 10.3. The van der Waals surface area contributed by atoms with Gasteiger partial charge in [-0.15, -0.1) is 11.3 Å². The van der Waals surface area contributed by atoms with Crippen LogP contribution >= 0.6 is 11.3 Å². The Morgan fingerprint density at radius 1 is 1.67 bits per heavy atom. The molecule has 1 aromatic heterocycles. The highest BCUT2D eigenvalue weighted by atomic mass is 32.1. The Labute approximate surface area is 76.5 Å². The summed E-state index contributed by atoms with van der Waals surface area (Å²) in [7, 11) is 0. The van der Waals surface area contributed by atoms with Crippen LogP contribution < -0.4 is 5.32 Å². The fourth-order valence-corrected chi connectivity index (χ4v) is 1.62. The Kier molecular flexibility index (Phi) is 4.21. The van der Waals surface area contributed by atoms with E-state index < -0.39 is 0 Å². The number of hydrogen-bond acceptors (Lipinski definition) is 4. The molecule has 0 saturated carbocycles. The van der Waals surface area contributed by atoms with Crippen LogP contribution in [0.1, 0.15) is 17.6 Å². The fourth-order valence-electron chi connectivity index (χ4n) is 0.930. The van der Waals surface area contributed by atoms with Crippen molar-refractivity contribution in [3.05, 3.63) is 16.1 Å². The van der Waals surface area contributed by atoms with Gasteiger partial charge in [-0.2, -0.15) is 0 Å². The molecule has 1 aromatic rings. The Morgan fingerprint density at radius 2 is 2.50 bits per heavy atom. The number of likely N-dealkylation sites (N-methyl/N-ethyl adjacent to an activating group) is 1. The molecule has 0 atom stereocenters. The van der Waals surface area contributed by atoms with Crippen molar-refractivity contribution >= 4 is 11.3 Å². The van der Waals surface area contributed by atoms with Gasteiger partial charge >= 0.3 is 0 Å². The summed E-state index contributed by atoms with van der Waals surface area (Å²) in [4.78, 5) is 4.23. The number of aromatic nitrogens is 1. The first-order valence-electron chi connectivity index (χ1n) is 4.11. The molecule has 0 radical (unpaired) electrons. The largest absolute Gasteiger partial charge is 0.389 e. The Balaban J connectivity index is 2.31. The zero-order chi connectivity index (χ0) is 8.81. The molecule has 0 bridgehead atoms. The van der Waals surface area contributed by atoms with Crippen LogP contribution in [-0.4, -0.2) is 23.2 Å². The smallest absolute Gasteiger partial charge is 0.118 e. The molecule has 0 aliphatic heterocycles. The van der Waals surface area contributed by atoms with Crippen molar-refractivity contribution in [2.75, 3.05) is 13.1 Å². The van der Waals surface area contributed by atoms with E-state index in [0.717, 1.165) is 30.2 Å². The molecule has 0 saturated heterocycles. The van der Waals surface area contributed by atoms with E-state index >= 15 is 0 Å². The van der Waals surface area contributed by atoms with Crippen LogP contribution in [-0.2, 0) is 13.0 Å². The van der Waals surface area contributed by atoms with E-state index in [1.165, 1.54) is 11.3 Å². The molecule has 0 amide bonds. The Bertz CT molecular complexity index is 225. The van der Waals surface area contributed by atoms with Gasteiger partial charge in [0.15, 0.2) is 0 Å². The summed E-state index contributed by atoms with van der Waals surface area (Å²) in [6.45, 7) is 4.11. The van der Waals surface area contributed by atoms with Gasteiger partial charge in [-0.05, 0) is 6.54 Å². The minimum atomic E-state index is 0.0614. The number of rotatable bonds is 5. The molecule has 1 rings (SSSR count). The van der Waals surface area contributed by atoms with E-state index in [4.69, 9.17) is 5.11 Å². The maximum absolute atomic E-state index is 8.75. The highest BCUT2D eigenvalue weighted by Crippen LogP contribution is 2.09. The third-order valence-electron chi connectivity index (χ3n) is 1.54. The molecule has 4 heteroatoms. The van der Waals surface area contributed by atoms with Crippen molar-refractivity contribution in [1.29, 1.82) is 0 Å². The van der Waals surface area contributed by atoms with Gasteiger partial charge in [0.25, 0.3) is 0 Å². The molecule has 68 valence electrons. The van der Waals surface area contributed by atoms with Crippen molar-refractivity contribution in [1.82, 2.24) is 10.3 Å². The van der Waals surface area contributed by atoms with Crippen LogP contribution in [0.25, 0.3) is 0 Å². The average molecular weight is 186 g/mol. The minimum absolute atomic E-state index is 0.0614. The van der Waals surface area contributed by atoms with Gasteiger partial charge in [0.2, 0.25) is 0 Å². The SMILES string of the molecule is CCNCCc1csc(CO)n1. The molecule has 0 aliphatic rings. The second-order valence-electron chi connectivity index (χ2n) is 2.49. The third kappa shape index (κ3) is 2.89. The van der Waals surface area contributed by atoms with Crippen LogP contribution in [0.15, 0.2) is 5.38 Å². The average Bonchev–Trinajstić information content (AvgIpc) is 2.53. The van der Waals surface area contributed by atoms with Gasteiger partial charge < -0.3 is 10.4 Å². The van der Waals surface area contributed by atoms with Gasteiger partial charge in [-0.1, -0.05) is 6.92 Å². The summed E-state index contributed by atoms with van der Waals surface area (Å²) >= 11 is 1.52. The zero-order valence-electron chi connectivity index (χ0n) is 7.21. The fraction of sp³-hybridized carbons (Fsp3) is 0.625. The van der Waals surface area contributed by atoms with Crippen molar-refractivity contribution in [3.63, 3.8) is 0 Å². The van der Waals surface area contributed by atoms with Gasteiger partial charge in [0.1, 0.15) is 5.01 Å². The van der Waals surface area contributed by atoms with Crippen molar-refractivity contribution < 1.29 is 5.11 Å². The van der Waals surface area contributed by atoms with Crippen LogP contribution in [0.4, 0.5) is 0 Å². The molecular weight excluding hydrogens is 172 g/mol. The lowest BCUT2D eigenvalue weighted by molar-refractivity contribution is 0.281. The first-order valence-corrected chi connectivity index (χ1v) is 4.99. The lowest BCUT2D eigenvalue weighted by Crippen LogP contribution is -2.16. The molecular formula is C8H14N2OS. The number of nitrogens with one attached hydrogen (secondary N) is 1. The molecule has 2 N–H and O–H groups in total. The first-order chi connectivity index (χ1) is 5.86. The summed E-state index contributed by atoms with van der Waals surface area (Å²) in [6, 6.07) is 0. The molecule has 3 nitrogen and oxygen atoms in total. The van der Waals surface area contributed by atoms with E-state index in [-0.39, 0.29) is 6.61 Å². The normalized spacial score (nSPS) is 10.5. The second-order valence-corrected chi connectivity index (χ2v) is 3.44. The van der Waals surface area contributed by atoms with Crippen LogP contribution in [0.2, 0.25) is 0 Å². The number of nitrogens with zero attached hydrogens (tertiary/aromatic N) is 1. The number of aliphatic hydroxyl groups is 1. The summed E-state index contributed by atoms with van der Waals surface area (Å²) in [6.07, 6.45) is 0.949. The summed E-state index contributed by atoms with van der Waals surface area (Å²) < 4.78 is 0. The van der Waals surface area contributed by atoms with Gasteiger partial charge in [0, 0.05) is 18.3 Å². The van der Waals surface area contributed by atoms with Gasteiger partial charge in [-0.3, -0.25) is 0 Å². The van der Waals surface area contributed by atoms with Crippen LogP contribution in [0.5, 0.6) is 0 Å². The van der Waals surface area contributed by atoms with E-state index in [1.807, 2.05) is 5.38 Å². The lowest BCUT2D eigenvalue weighted by Gasteiger charge is -1.96. The monoisotopic (exact) mass is 186 g/mol. The Hall–Kier alpha value is -0.450. The highest BCUT2D eigenvalue weighted by molar-refractivity contribution is 7.09. The number of thiazole rings is 1. The van der Waals surface area contributed by atoms with Crippen molar-refractivity contribution in [2.24, 2.45) is 0 Å². The molecule has 1 heterocycles. The van der Waals surface area contributed by atoms with E-state index in [9.17, 15) is 0 Å². The summed E-state index contributed by atoms with van der Waals surface area (Å²) in [5.74, 6) is 0. The molecule has 0 fully saturated rings. The van der Waals surface area contributed by atoms with Crippen LogP contribution in [0.3, 0.4) is 0 Å². The first kappa shape index (κ1) is 9.64. The zero-order valence-corrected chi connectivity index (χ0v) is 8.02. The predicted octanol–water partition coefficient (Wildman–Crippen LogP) is 0.787. The van der Waals surface area contributed by atoms with Gasteiger partial charge in [0.05, 0.1) is 12.3 Å². The number of aliphatic hydroxyl groups excluding tert-OH is 1. The predicted molar refractivity (Wildman–Crippen MR) is 50.3 cm³/mol. The standard InChI is InChI=1S/C8H14N2OS/c1-2-9-4-3-7-6-12-8(5-11)10-7/h6,9,11H,2-5H2,1H3. The van der Waals surface area contributed by atoms with Crippen molar-refractivity contribution in [3.8, 4) is 0 Å². The molecule has 0 spiro atoms. The van der Waals surface area contributed by atoms with Crippen LogP contribution in [0, 0.1) is 0 Å². The van der Waals surface area contributed by atoms with Gasteiger partial charge in [-0.25, -0.2) is 4.98 Å². The molecule has 0 aromatic carbocycles. The summed E-state index contributed by atoms with van der Waals surface area (Å²) in [5.41, 5.74) is 1.07. The molecule has 0 aliphatic carbocycles. The molecule has 0 unspecified atom stereocenters. The Morgan fingerprint density at radius 3 is 3.08 bits per heavy atom. The molecule has 12 heavy (non-hydrogen) atoms. The topological polar surface area (TPSA) is 45.1 Å². The van der Waals surface area contributed by atoms with E-state index in [2.05, 4.69) is 17.2 Å². The van der Waals surface area contributed by atoms with E-state index in [0.29, 0.717) is 0 Å². The van der Waals surface area contributed by atoms with Crippen molar-refractivity contribution in [2.45, 2.75) is 20.0 Å². The van der Waals surface area contributed by atoms with E-state index in [1.54, 1.807) is 0 Å². The maximum atomic E-state index is 8.75.